The van der Waals surface area contributed by atoms with E-state index in [1.165, 1.54) is 40.3 Å². The minimum atomic E-state index is 0.721. The quantitative estimate of drug-likeness (QED) is 0.854. The summed E-state index contributed by atoms with van der Waals surface area (Å²) in [6, 6.07) is 4.59. The summed E-state index contributed by atoms with van der Waals surface area (Å²) < 4.78 is 3.70. The van der Waals surface area contributed by atoms with E-state index >= 15 is 0 Å². The van der Waals surface area contributed by atoms with Gasteiger partial charge in [0.1, 0.15) is 0 Å². The fourth-order valence-corrected chi connectivity index (χ4v) is 3.66. The van der Waals surface area contributed by atoms with Crippen LogP contribution in [0.4, 0.5) is 0 Å². The Morgan fingerprint density at radius 1 is 1.29 bits per heavy atom. The zero-order valence-electron chi connectivity index (χ0n) is 9.67. The summed E-state index contributed by atoms with van der Waals surface area (Å²) in [6.07, 6.45) is 4.89. The van der Waals surface area contributed by atoms with Gasteiger partial charge in [0.2, 0.25) is 0 Å². The van der Waals surface area contributed by atoms with Gasteiger partial charge in [-0.25, -0.2) is 0 Å². The molecule has 1 N–H and O–H groups in total. The molecule has 1 fully saturated rings. The van der Waals surface area contributed by atoms with Gasteiger partial charge in [-0.15, -0.1) is 0 Å². The van der Waals surface area contributed by atoms with E-state index in [1.807, 2.05) is 0 Å². The summed E-state index contributed by atoms with van der Waals surface area (Å²) in [5.74, 6) is 0.721. The Morgan fingerprint density at radius 3 is 2.94 bits per heavy atom. The monoisotopic (exact) mass is 290 g/mol. The highest BCUT2D eigenvalue weighted by molar-refractivity contribution is 9.10. The van der Waals surface area contributed by atoms with Gasteiger partial charge in [-0.05, 0) is 36.1 Å². The highest BCUT2D eigenvalue weighted by Gasteiger charge is 2.25. The van der Waals surface area contributed by atoms with Gasteiger partial charge in [0, 0.05) is 41.6 Å². The molecule has 3 heteroatoms. The van der Waals surface area contributed by atoms with Gasteiger partial charge < -0.3 is 9.88 Å². The molecule has 2 nitrogen and oxygen atoms in total. The van der Waals surface area contributed by atoms with Gasteiger partial charge in [-0.1, -0.05) is 15.9 Å². The Balaban J connectivity index is 2.03. The molecule has 0 spiro atoms. The third-order valence-corrected chi connectivity index (χ3v) is 4.57. The largest absolute Gasteiger partial charge is 0.347 e. The number of hydrogen-bond donors (Lipinski definition) is 1. The Hall–Kier alpha value is -0.800. The average Bonchev–Trinajstić information content (AvgIpc) is 2.57. The molecule has 0 amide bonds. The van der Waals surface area contributed by atoms with Crippen molar-refractivity contribution in [2.24, 2.45) is 0 Å². The van der Waals surface area contributed by atoms with Crippen molar-refractivity contribution >= 4 is 26.8 Å². The third kappa shape index (κ3) is 1.42. The van der Waals surface area contributed by atoms with Crippen molar-refractivity contribution in [2.75, 3.05) is 13.1 Å². The lowest BCUT2D eigenvalue weighted by atomic mass is 9.92. The molecule has 4 rings (SSSR count). The van der Waals surface area contributed by atoms with Crippen LogP contribution >= 0.6 is 15.9 Å². The van der Waals surface area contributed by atoms with Crippen molar-refractivity contribution in [3.05, 3.63) is 33.9 Å². The van der Waals surface area contributed by atoms with Crippen LogP contribution in [0, 0.1) is 0 Å². The zero-order valence-corrected chi connectivity index (χ0v) is 11.3. The molecule has 0 radical (unpaired) electrons. The number of nitrogens with one attached hydrogen (secondary N) is 1. The van der Waals surface area contributed by atoms with Crippen LogP contribution in [0.15, 0.2) is 22.8 Å². The van der Waals surface area contributed by atoms with Gasteiger partial charge in [0.05, 0.1) is 5.52 Å². The first-order valence-electron chi connectivity index (χ1n) is 6.35. The molecular formula is C14H15BrN2. The van der Waals surface area contributed by atoms with E-state index in [4.69, 9.17) is 0 Å². The van der Waals surface area contributed by atoms with Crippen molar-refractivity contribution in [1.29, 1.82) is 0 Å². The standard InChI is InChI=1S/C14H15BrN2/c15-11-4-9-2-1-3-17-8-13(10-6-16-7-10)12(5-11)14(9)17/h4-5,8,10,16H,1-3,6-7H2. The number of rotatable bonds is 1. The summed E-state index contributed by atoms with van der Waals surface area (Å²) in [4.78, 5) is 0. The number of halogens is 1. The Bertz CT molecular complexity index is 596. The smallest absolute Gasteiger partial charge is 0.0516 e. The van der Waals surface area contributed by atoms with Crippen molar-refractivity contribution in [2.45, 2.75) is 25.3 Å². The number of aryl methyl sites for hydroxylation is 2. The first kappa shape index (κ1) is 10.2. The van der Waals surface area contributed by atoms with E-state index in [9.17, 15) is 0 Å². The fourth-order valence-electron chi connectivity index (χ4n) is 3.16. The third-order valence-electron chi connectivity index (χ3n) is 4.11. The van der Waals surface area contributed by atoms with E-state index in [1.54, 1.807) is 5.56 Å². The van der Waals surface area contributed by atoms with Gasteiger partial charge in [0.15, 0.2) is 0 Å². The minimum Gasteiger partial charge on any atom is -0.347 e. The van der Waals surface area contributed by atoms with Gasteiger partial charge in [-0.2, -0.15) is 0 Å². The lowest BCUT2D eigenvalue weighted by Crippen LogP contribution is -2.39. The Kier molecular flexibility index (Phi) is 2.15. The van der Waals surface area contributed by atoms with E-state index in [0.29, 0.717) is 0 Å². The normalized spacial score (nSPS) is 19.6. The molecule has 1 saturated heterocycles. The molecule has 0 aliphatic carbocycles. The molecule has 88 valence electrons. The van der Waals surface area contributed by atoms with Crippen molar-refractivity contribution in [1.82, 2.24) is 9.88 Å². The number of hydrogen-bond acceptors (Lipinski definition) is 1. The summed E-state index contributed by atoms with van der Waals surface area (Å²) >= 11 is 3.66. The maximum Gasteiger partial charge on any atom is 0.0516 e. The van der Waals surface area contributed by atoms with Crippen molar-refractivity contribution < 1.29 is 0 Å². The van der Waals surface area contributed by atoms with Crippen LogP contribution in [0.3, 0.4) is 0 Å². The maximum atomic E-state index is 3.66. The van der Waals surface area contributed by atoms with Crippen LogP contribution in [0.5, 0.6) is 0 Å². The second-order valence-electron chi connectivity index (χ2n) is 5.20. The Labute approximate surface area is 109 Å². The number of nitrogens with zero attached hydrogens (tertiary/aromatic N) is 1. The van der Waals surface area contributed by atoms with Crippen molar-refractivity contribution in [3.8, 4) is 0 Å². The second kappa shape index (κ2) is 3.59. The van der Waals surface area contributed by atoms with Crippen LogP contribution in [-0.4, -0.2) is 17.7 Å². The van der Waals surface area contributed by atoms with Crippen LogP contribution in [-0.2, 0) is 13.0 Å². The SMILES string of the molecule is Brc1cc2c3c(c1)c(C1CNC1)cn3CCC2. The molecule has 2 aliphatic heterocycles. The molecule has 0 bridgehead atoms. The molecule has 3 heterocycles. The topological polar surface area (TPSA) is 17.0 Å². The Morgan fingerprint density at radius 2 is 2.18 bits per heavy atom. The molecule has 1 aromatic carbocycles. The predicted octanol–water partition coefficient (Wildman–Crippen LogP) is 3.04. The molecule has 0 atom stereocenters. The van der Waals surface area contributed by atoms with Gasteiger partial charge in [0.25, 0.3) is 0 Å². The highest BCUT2D eigenvalue weighted by atomic mass is 79.9. The van der Waals surface area contributed by atoms with Crippen LogP contribution < -0.4 is 5.32 Å². The summed E-state index contributed by atoms with van der Waals surface area (Å²) in [5, 5.41) is 4.85. The minimum absolute atomic E-state index is 0.721. The van der Waals surface area contributed by atoms with Crippen LogP contribution in [0.25, 0.3) is 10.9 Å². The highest BCUT2D eigenvalue weighted by Crippen LogP contribution is 2.36. The maximum absolute atomic E-state index is 3.66. The average molecular weight is 291 g/mol. The van der Waals surface area contributed by atoms with Crippen molar-refractivity contribution in [3.63, 3.8) is 0 Å². The van der Waals surface area contributed by atoms with Crippen LogP contribution in [0.1, 0.15) is 23.5 Å². The van der Waals surface area contributed by atoms with E-state index in [-0.39, 0.29) is 0 Å². The number of benzene rings is 1. The molecule has 2 aliphatic rings. The second-order valence-corrected chi connectivity index (χ2v) is 6.11. The fraction of sp³-hybridized carbons (Fsp3) is 0.429. The molecule has 0 unspecified atom stereocenters. The van der Waals surface area contributed by atoms with Crippen LogP contribution in [0.2, 0.25) is 0 Å². The summed E-state index contributed by atoms with van der Waals surface area (Å²) in [7, 11) is 0. The molecular weight excluding hydrogens is 276 g/mol. The molecule has 0 saturated carbocycles. The summed E-state index contributed by atoms with van der Waals surface area (Å²) in [5.41, 5.74) is 4.55. The summed E-state index contributed by atoms with van der Waals surface area (Å²) in [6.45, 7) is 3.47. The van der Waals surface area contributed by atoms with E-state index in [2.05, 4.69) is 44.1 Å². The zero-order chi connectivity index (χ0) is 11.4. The first-order valence-corrected chi connectivity index (χ1v) is 7.14. The lowest BCUT2D eigenvalue weighted by Gasteiger charge is -2.26. The molecule has 2 aromatic rings. The van der Waals surface area contributed by atoms with E-state index in [0.717, 1.165) is 19.0 Å². The first-order chi connectivity index (χ1) is 8.33. The molecule has 17 heavy (non-hydrogen) atoms. The van der Waals surface area contributed by atoms with E-state index < -0.39 is 0 Å². The predicted molar refractivity (Wildman–Crippen MR) is 73.6 cm³/mol. The molecule has 1 aromatic heterocycles. The lowest BCUT2D eigenvalue weighted by molar-refractivity contribution is 0.449. The van der Waals surface area contributed by atoms with Gasteiger partial charge >= 0.3 is 0 Å². The van der Waals surface area contributed by atoms with Gasteiger partial charge in [-0.3, -0.25) is 0 Å². The number of aromatic nitrogens is 1.